The maximum absolute atomic E-state index is 12.3. The second-order valence-corrected chi connectivity index (χ2v) is 9.06. The molecule has 0 bridgehead atoms. The minimum atomic E-state index is -3.09. The number of likely N-dealkylation sites (tertiary alicyclic amines) is 1. The zero-order valence-electron chi connectivity index (χ0n) is 13.2. The molecule has 1 amide bonds. The molecule has 7 heteroatoms. The molecule has 1 saturated carbocycles. The average molecular weight is 330 g/mol. The number of sulfone groups is 1. The number of nitrogens with zero attached hydrogens (tertiary/aromatic N) is 1. The molecule has 2 heterocycles. The Labute approximate surface area is 132 Å². The van der Waals surface area contributed by atoms with Crippen LogP contribution < -0.4 is 5.32 Å². The number of rotatable bonds is 4. The molecule has 2 aliphatic heterocycles. The van der Waals surface area contributed by atoms with Crippen molar-refractivity contribution in [2.45, 2.75) is 50.3 Å². The molecule has 126 valence electrons. The van der Waals surface area contributed by atoms with Crippen molar-refractivity contribution in [3.63, 3.8) is 0 Å². The molecule has 2 unspecified atom stereocenters. The maximum atomic E-state index is 12.3. The smallest absolute Gasteiger partial charge is 0.226 e. The van der Waals surface area contributed by atoms with E-state index in [4.69, 9.17) is 4.74 Å². The van der Waals surface area contributed by atoms with Gasteiger partial charge in [0.05, 0.1) is 29.6 Å². The van der Waals surface area contributed by atoms with Crippen LogP contribution in [0, 0.1) is 5.92 Å². The monoisotopic (exact) mass is 330 g/mol. The fourth-order valence-corrected chi connectivity index (χ4v) is 5.76. The van der Waals surface area contributed by atoms with Crippen molar-refractivity contribution in [3.05, 3.63) is 0 Å². The summed E-state index contributed by atoms with van der Waals surface area (Å²) in [6.45, 7) is 1.63. The van der Waals surface area contributed by atoms with Crippen molar-refractivity contribution in [1.29, 1.82) is 0 Å². The summed E-state index contributed by atoms with van der Waals surface area (Å²) in [6, 6.07) is 0.252. The van der Waals surface area contributed by atoms with Crippen molar-refractivity contribution in [2.75, 3.05) is 31.7 Å². The van der Waals surface area contributed by atoms with Gasteiger partial charge in [-0.1, -0.05) is 19.3 Å². The van der Waals surface area contributed by atoms with Crippen molar-refractivity contribution < 1.29 is 17.9 Å². The van der Waals surface area contributed by atoms with Gasteiger partial charge in [0, 0.05) is 26.2 Å². The molecule has 2 atom stereocenters. The van der Waals surface area contributed by atoms with E-state index in [0.29, 0.717) is 6.04 Å². The number of ether oxygens (including phenoxy) is 1. The first kappa shape index (κ1) is 16.2. The fourth-order valence-electron chi connectivity index (χ4n) is 3.91. The van der Waals surface area contributed by atoms with Crippen LogP contribution in [0.2, 0.25) is 0 Å². The van der Waals surface area contributed by atoms with Crippen molar-refractivity contribution in [1.82, 2.24) is 10.2 Å². The molecule has 3 rings (SSSR count). The number of nitrogens with one attached hydrogen (secondary N) is 1. The largest absolute Gasteiger partial charge is 0.378 e. The Kier molecular flexibility index (Phi) is 4.75. The van der Waals surface area contributed by atoms with Gasteiger partial charge in [-0.25, -0.2) is 8.42 Å². The summed E-state index contributed by atoms with van der Waals surface area (Å²) in [7, 11) is -1.60. The molecular weight excluding hydrogens is 304 g/mol. The third-order valence-electron chi connectivity index (χ3n) is 5.30. The third-order valence-corrected chi connectivity index (χ3v) is 7.01. The lowest BCUT2D eigenvalue weighted by molar-refractivity contribution is -0.133. The van der Waals surface area contributed by atoms with Crippen molar-refractivity contribution in [2.24, 2.45) is 5.92 Å². The minimum Gasteiger partial charge on any atom is -0.378 e. The predicted molar refractivity (Wildman–Crippen MR) is 83.3 cm³/mol. The zero-order valence-corrected chi connectivity index (χ0v) is 14.0. The number of hydrogen-bond acceptors (Lipinski definition) is 5. The van der Waals surface area contributed by atoms with Gasteiger partial charge in [-0.2, -0.15) is 0 Å². The van der Waals surface area contributed by atoms with Gasteiger partial charge in [0.25, 0.3) is 0 Å². The lowest BCUT2D eigenvalue weighted by Gasteiger charge is -2.45. The summed E-state index contributed by atoms with van der Waals surface area (Å²) in [5.41, 5.74) is 0. The highest BCUT2D eigenvalue weighted by molar-refractivity contribution is 7.91. The summed E-state index contributed by atoms with van der Waals surface area (Å²) >= 11 is 0. The van der Waals surface area contributed by atoms with E-state index in [0.717, 1.165) is 13.1 Å². The summed E-state index contributed by atoms with van der Waals surface area (Å²) in [5.74, 6) is -0.0113. The van der Waals surface area contributed by atoms with Crippen LogP contribution in [-0.4, -0.2) is 69.1 Å². The Morgan fingerprint density at radius 1 is 1.14 bits per heavy atom. The van der Waals surface area contributed by atoms with Gasteiger partial charge < -0.3 is 10.1 Å². The van der Waals surface area contributed by atoms with Gasteiger partial charge in [-0.3, -0.25) is 9.69 Å². The first-order valence-corrected chi connectivity index (χ1v) is 10.1. The lowest BCUT2D eigenvalue weighted by Crippen LogP contribution is -2.59. The highest BCUT2D eigenvalue weighted by Crippen LogP contribution is 2.28. The van der Waals surface area contributed by atoms with Crippen LogP contribution in [0.4, 0.5) is 0 Å². The van der Waals surface area contributed by atoms with Crippen molar-refractivity contribution in [3.8, 4) is 0 Å². The molecule has 3 fully saturated rings. The van der Waals surface area contributed by atoms with Crippen LogP contribution in [0.1, 0.15) is 32.1 Å². The third kappa shape index (κ3) is 3.46. The fraction of sp³-hybridized carbons (Fsp3) is 0.933. The van der Waals surface area contributed by atoms with E-state index in [1.807, 2.05) is 0 Å². The first-order valence-electron chi connectivity index (χ1n) is 8.26. The number of carbonyl (C=O) groups is 1. The van der Waals surface area contributed by atoms with Crippen LogP contribution in [0.25, 0.3) is 0 Å². The molecule has 3 aliphatic rings. The van der Waals surface area contributed by atoms with Gasteiger partial charge in [-0.05, 0) is 12.8 Å². The molecule has 6 nitrogen and oxygen atoms in total. The lowest BCUT2D eigenvalue weighted by atomic mass is 9.88. The molecule has 2 saturated heterocycles. The van der Waals surface area contributed by atoms with Crippen LogP contribution >= 0.6 is 0 Å². The molecular formula is C15H26N2O4S. The van der Waals surface area contributed by atoms with Gasteiger partial charge in [0.1, 0.15) is 0 Å². The molecule has 1 aliphatic carbocycles. The average Bonchev–Trinajstić information content (AvgIpc) is 2.72. The quantitative estimate of drug-likeness (QED) is 0.796. The van der Waals surface area contributed by atoms with E-state index in [-0.39, 0.29) is 23.3 Å². The van der Waals surface area contributed by atoms with E-state index in [9.17, 15) is 13.2 Å². The van der Waals surface area contributed by atoms with Gasteiger partial charge in [0.2, 0.25) is 5.91 Å². The Morgan fingerprint density at radius 3 is 2.45 bits per heavy atom. The van der Waals surface area contributed by atoms with E-state index in [1.54, 1.807) is 0 Å². The Morgan fingerprint density at radius 2 is 1.82 bits per heavy atom. The summed E-state index contributed by atoms with van der Waals surface area (Å²) in [5, 5.41) is 2.89. The van der Waals surface area contributed by atoms with Gasteiger partial charge >= 0.3 is 0 Å². The SMILES string of the molecule is COC1CS(=O)(=O)CC1NC(=O)C1CN(C2CCCCC2)C1. The molecule has 22 heavy (non-hydrogen) atoms. The topological polar surface area (TPSA) is 75.7 Å². The summed E-state index contributed by atoms with van der Waals surface area (Å²) in [4.78, 5) is 14.7. The number of hydrogen-bond donors (Lipinski definition) is 1. The van der Waals surface area contributed by atoms with E-state index >= 15 is 0 Å². The minimum absolute atomic E-state index is 0.00253. The normalized spacial score (nSPS) is 33.5. The van der Waals surface area contributed by atoms with Crippen LogP contribution in [0.5, 0.6) is 0 Å². The predicted octanol–water partition coefficient (Wildman–Crippen LogP) is 0.179. The highest BCUT2D eigenvalue weighted by atomic mass is 32.2. The number of amides is 1. The maximum Gasteiger partial charge on any atom is 0.226 e. The second-order valence-electron chi connectivity index (χ2n) is 6.91. The molecule has 0 aromatic carbocycles. The molecule has 1 N–H and O–H groups in total. The van der Waals surface area contributed by atoms with E-state index in [1.165, 1.54) is 39.2 Å². The zero-order chi connectivity index (χ0) is 15.7. The Bertz CT molecular complexity index is 510. The van der Waals surface area contributed by atoms with E-state index in [2.05, 4.69) is 10.2 Å². The molecule has 0 spiro atoms. The Hall–Kier alpha value is -0.660. The van der Waals surface area contributed by atoms with Crippen molar-refractivity contribution >= 4 is 15.7 Å². The number of carbonyl (C=O) groups excluding carboxylic acids is 1. The molecule has 0 aromatic heterocycles. The summed E-state index contributed by atoms with van der Waals surface area (Å²) < 4.78 is 28.5. The second kappa shape index (κ2) is 6.45. The van der Waals surface area contributed by atoms with Gasteiger partial charge in [-0.15, -0.1) is 0 Å². The van der Waals surface area contributed by atoms with E-state index < -0.39 is 22.0 Å². The van der Waals surface area contributed by atoms with Gasteiger partial charge in [0.15, 0.2) is 9.84 Å². The highest BCUT2D eigenvalue weighted by Gasteiger charge is 2.42. The first-order chi connectivity index (χ1) is 10.5. The Balaban J connectivity index is 1.47. The van der Waals surface area contributed by atoms with Crippen LogP contribution in [0.3, 0.4) is 0 Å². The number of methoxy groups -OCH3 is 1. The molecule has 0 aromatic rings. The van der Waals surface area contributed by atoms with Crippen LogP contribution in [0.15, 0.2) is 0 Å². The molecule has 0 radical (unpaired) electrons. The summed E-state index contributed by atoms with van der Waals surface area (Å²) in [6.07, 6.45) is 6.02. The standard InChI is InChI=1S/C15H26N2O4S/c1-21-14-10-22(19,20)9-13(14)16-15(18)11-7-17(8-11)12-5-3-2-4-6-12/h11-14H,2-10H2,1H3,(H,16,18). The van der Waals surface area contributed by atoms with Crippen LogP contribution in [-0.2, 0) is 19.4 Å².